The molecule has 2 aromatic rings. The number of rotatable bonds is 7. The Balaban J connectivity index is 1.63. The van der Waals surface area contributed by atoms with Crippen molar-refractivity contribution in [1.82, 2.24) is 15.2 Å². The Hall–Kier alpha value is -2.84. The summed E-state index contributed by atoms with van der Waals surface area (Å²) >= 11 is 0. The SMILES string of the molecule is COc1ccc(C(CNC(=O)Nc2ccc(OC)nc2)N2CCOCC2)cc1. The molecule has 1 saturated heterocycles. The molecule has 0 spiro atoms. The summed E-state index contributed by atoms with van der Waals surface area (Å²) in [5.74, 6) is 1.31. The van der Waals surface area contributed by atoms with Crippen molar-refractivity contribution in [1.29, 1.82) is 0 Å². The molecule has 28 heavy (non-hydrogen) atoms. The number of urea groups is 1. The van der Waals surface area contributed by atoms with E-state index >= 15 is 0 Å². The zero-order valence-corrected chi connectivity index (χ0v) is 16.2. The van der Waals surface area contributed by atoms with Crippen molar-refractivity contribution in [2.75, 3.05) is 52.4 Å². The summed E-state index contributed by atoms with van der Waals surface area (Å²) < 4.78 is 15.7. The van der Waals surface area contributed by atoms with E-state index in [-0.39, 0.29) is 12.1 Å². The van der Waals surface area contributed by atoms with Crippen molar-refractivity contribution in [2.24, 2.45) is 0 Å². The van der Waals surface area contributed by atoms with E-state index in [9.17, 15) is 4.79 Å². The number of nitrogens with one attached hydrogen (secondary N) is 2. The fourth-order valence-electron chi connectivity index (χ4n) is 3.11. The molecular weight excluding hydrogens is 360 g/mol. The maximum absolute atomic E-state index is 12.3. The van der Waals surface area contributed by atoms with E-state index < -0.39 is 0 Å². The number of carbonyl (C=O) groups excluding carboxylic acids is 1. The topological polar surface area (TPSA) is 85.0 Å². The van der Waals surface area contributed by atoms with Gasteiger partial charge in [-0.05, 0) is 23.8 Å². The van der Waals surface area contributed by atoms with Crippen molar-refractivity contribution in [2.45, 2.75) is 6.04 Å². The fraction of sp³-hybridized carbons (Fsp3) is 0.400. The Morgan fingerprint density at radius 1 is 1.14 bits per heavy atom. The average molecular weight is 386 g/mol. The first-order valence-corrected chi connectivity index (χ1v) is 9.20. The van der Waals surface area contributed by atoms with Crippen LogP contribution in [-0.2, 0) is 4.74 Å². The lowest BCUT2D eigenvalue weighted by Crippen LogP contribution is -2.44. The first-order valence-electron chi connectivity index (χ1n) is 9.20. The van der Waals surface area contributed by atoms with Gasteiger partial charge in [0, 0.05) is 25.7 Å². The number of pyridine rings is 1. The molecule has 1 fully saturated rings. The van der Waals surface area contributed by atoms with Crippen LogP contribution in [0.2, 0.25) is 0 Å². The molecule has 2 N–H and O–H groups in total. The number of benzene rings is 1. The molecule has 1 aliphatic rings. The molecule has 1 aromatic heterocycles. The van der Waals surface area contributed by atoms with E-state index in [1.54, 1.807) is 32.5 Å². The fourth-order valence-corrected chi connectivity index (χ4v) is 3.11. The smallest absolute Gasteiger partial charge is 0.319 e. The van der Waals surface area contributed by atoms with Crippen LogP contribution in [0.5, 0.6) is 11.6 Å². The van der Waals surface area contributed by atoms with E-state index in [1.807, 2.05) is 24.3 Å². The van der Waals surface area contributed by atoms with E-state index in [4.69, 9.17) is 14.2 Å². The highest BCUT2D eigenvalue weighted by atomic mass is 16.5. The lowest BCUT2D eigenvalue weighted by molar-refractivity contribution is 0.0167. The molecule has 1 aromatic carbocycles. The summed E-state index contributed by atoms with van der Waals surface area (Å²) in [4.78, 5) is 18.7. The van der Waals surface area contributed by atoms with Gasteiger partial charge in [-0.3, -0.25) is 4.90 Å². The van der Waals surface area contributed by atoms with Crippen molar-refractivity contribution in [3.05, 3.63) is 48.2 Å². The first kappa shape index (κ1) is 19.9. The van der Waals surface area contributed by atoms with Crippen molar-refractivity contribution < 1.29 is 19.0 Å². The molecule has 1 unspecified atom stereocenters. The van der Waals surface area contributed by atoms with Crippen molar-refractivity contribution in [3.8, 4) is 11.6 Å². The van der Waals surface area contributed by atoms with Crippen LogP contribution in [0, 0.1) is 0 Å². The van der Waals surface area contributed by atoms with Gasteiger partial charge in [0.05, 0.1) is 45.4 Å². The summed E-state index contributed by atoms with van der Waals surface area (Å²) in [6.07, 6.45) is 1.56. The Morgan fingerprint density at radius 3 is 2.50 bits per heavy atom. The quantitative estimate of drug-likeness (QED) is 0.760. The molecule has 8 heteroatoms. The Labute approximate surface area is 164 Å². The van der Waals surface area contributed by atoms with Gasteiger partial charge >= 0.3 is 6.03 Å². The number of nitrogens with zero attached hydrogens (tertiary/aromatic N) is 2. The largest absolute Gasteiger partial charge is 0.497 e. The number of hydrogen-bond acceptors (Lipinski definition) is 6. The summed E-state index contributed by atoms with van der Waals surface area (Å²) in [6.45, 7) is 3.50. The highest BCUT2D eigenvalue weighted by molar-refractivity contribution is 5.89. The highest BCUT2D eigenvalue weighted by Crippen LogP contribution is 2.23. The van der Waals surface area contributed by atoms with Crippen LogP contribution < -0.4 is 20.1 Å². The molecule has 8 nitrogen and oxygen atoms in total. The van der Waals surface area contributed by atoms with E-state index in [0.29, 0.717) is 31.3 Å². The second-order valence-electron chi connectivity index (χ2n) is 6.36. The summed E-state index contributed by atoms with van der Waals surface area (Å²) in [5.41, 5.74) is 1.72. The monoisotopic (exact) mass is 386 g/mol. The summed E-state index contributed by atoms with van der Waals surface area (Å²) in [7, 11) is 3.20. The number of amides is 2. The van der Waals surface area contributed by atoms with Gasteiger partial charge in [-0.15, -0.1) is 0 Å². The van der Waals surface area contributed by atoms with Crippen LogP contribution in [0.1, 0.15) is 11.6 Å². The van der Waals surface area contributed by atoms with Gasteiger partial charge in [-0.25, -0.2) is 9.78 Å². The number of carbonyl (C=O) groups is 1. The highest BCUT2D eigenvalue weighted by Gasteiger charge is 2.23. The number of methoxy groups -OCH3 is 2. The van der Waals surface area contributed by atoms with Crippen LogP contribution >= 0.6 is 0 Å². The number of hydrogen-bond donors (Lipinski definition) is 2. The molecule has 2 heterocycles. The Kier molecular flexibility index (Phi) is 7.05. The molecule has 0 saturated carbocycles. The zero-order valence-electron chi connectivity index (χ0n) is 16.2. The molecule has 0 aliphatic carbocycles. The van der Waals surface area contributed by atoms with Crippen LogP contribution in [0.15, 0.2) is 42.6 Å². The molecule has 1 atom stereocenters. The third kappa shape index (κ3) is 5.34. The van der Waals surface area contributed by atoms with Crippen LogP contribution in [0.4, 0.5) is 10.5 Å². The standard InChI is InChI=1S/C20H26N4O4/c1-26-17-6-3-15(4-7-17)18(24-9-11-28-12-10-24)14-22-20(25)23-16-5-8-19(27-2)21-13-16/h3-8,13,18H,9-12,14H2,1-2H3,(H2,22,23,25). The Morgan fingerprint density at radius 2 is 1.89 bits per heavy atom. The average Bonchev–Trinajstić information content (AvgIpc) is 2.75. The predicted molar refractivity (Wildman–Crippen MR) is 106 cm³/mol. The maximum Gasteiger partial charge on any atom is 0.319 e. The number of ether oxygens (including phenoxy) is 3. The van der Waals surface area contributed by atoms with Crippen LogP contribution in [0.3, 0.4) is 0 Å². The molecule has 150 valence electrons. The minimum absolute atomic E-state index is 0.0505. The van der Waals surface area contributed by atoms with E-state index in [2.05, 4.69) is 20.5 Å². The number of aromatic nitrogens is 1. The molecular formula is C20H26N4O4. The van der Waals surface area contributed by atoms with Gasteiger partial charge < -0.3 is 24.8 Å². The second-order valence-corrected chi connectivity index (χ2v) is 6.36. The Bertz CT molecular complexity index is 746. The molecule has 2 amide bonds. The van der Waals surface area contributed by atoms with Gasteiger partial charge in [0.1, 0.15) is 5.75 Å². The first-order chi connectivity index (χ1) is 13.7. The summed E-state index contributed by atoms with van der Waals surface area (Å²) in [6, 6.07) is 11.2. The number of anilines is 1. The zero-order chi connectivity index (χ0) is 19.8. The lowest BCUT2D eigenvalue weighted by Gasteiger charge is -2.35. The third-order valence-electron chi connectivity index (χ3n) is 4.65. The van der Waals surface area contributed by atoms with E-state index in [0.717, 1.165) is 24.4 Å². The van der Waals surface area contributed by atoms with Gasteiger partial charge in [-0.1, -0.05) is 12.1 Å². The second kappa shape index (κ2) is 9.91. The van der Waals surface area contributed by atoms with Gasteiger partial charge in [0.15, 0.2) is 0 Å². The lowest BCUT2D eigenvalue weighted by atomic mass is 10.0. The van der Waals surface area contributed by atoms with Gasteiger partial charge in [0.2, 0.25) is 5.88 Å². The minimum Gasteiger partial charge on any atom is -0.497 e. The van der Waals surface area contributed by atoms with Gasteiger partial charge in [0.25, 0.3) is 0 Å². The maximum atomic E-state index is 12.3. The normalized spacial score (nSPS) is 15.5. The molecule has 0 radical (unpaired) electrons. The van der Waals surface area contributed by atoms with Crippen molar-refractivity contribution in [3.63, 3.8) is 0 Å². The molecule has 3 rings (SSSR count). The summed E-state index contributed by atoms with van der Waals surface area (Å²) in [5, 5.41) is 5.75. The van der Waals surface area contributed by atoms with Gasteiger partial charge in [-0.2, -0.15) is 0 Å². The molecule has 0 bridgehead atoms. The van der Waals surface area contributed by atoms with E-state index in [1.165, 1.54) is 0 Å². The molecule has 1 aliphatic heterocycles. The minimum atomic E-state index is -0.279. The van der Waals surface area contributed by atoms with Crippen LogP contribution in [0.25, 0.3) is 0 Å². The van der Waals surface area contributed by atoms with Crippen molar-refractivity contribution >= 4 is 11.7 Å². The van der Waals surface area contributed by atoms with Crippen LogP contribution in [-0.4, -0.2) is 63.0 Å². The number of morpholine rings is 1. The predicted octanol–water partition coefficient (Wildman–Crippen LogP) is 2.29. The third-order valence-corrected chi connectivity index (χ3v) is 4.65.